The Morgan fingerprint density at radius 3 is 2.56 bits per heavy atom. The van der Waals surface area contributed by atoms with Crippen LogP contribution in [0.1, 0.15) is 23.4 Å². The van der Waals surface area contributed by atoms with Crippen LogP contribution in [-0.4, -0.2) is 17.3 Å². The molecule has 1 aromatic rings. The Kier molecular flexibility index (Phi) is 4.59. The molecule has 0 aliphatic carbocycles. The lowest BCUT2D eigenvalue weighted by Gasteiger charge is -2.14. The first kappa shape index (κ1) is 14.8. The molecule has 0 radical (unpaired) electrons. The van der Waals surface area contributed by atoms with Crippen molar-refractivity contribution in [3.8, 4) is 5.75 Å². The van der Waals surface area contributed by atoms with E-state index in [2.05, 4.69) is 4.74 Å². The molecule has 1 unspecified atom stereocenters. The van der Waals surface area contributed by atoms with Crippen LogP contribution in [-0.2, 0) is 11.4 Å². The number of benzene rings is 1. The molecule has 0 spiro atoms. The summed E-state index contributed by atoms with van der Waals surface area (Å²) in [5, 5.41) is 7.92. The summed E-state index contributed by atoms with van der Waals surface area (Å²) in [6, 6.07) is 3.28. The largest absolute Gasteiger partial charge is 0.573 e. The van der Waals surface area contributed by atoms with Gasteiger partial charge in [0.25, 0.3) is 0 Å². The Labute approximate surface area is 106 Å². The number of alkyl halides is 4. The van der Waals surface area contributed by atoms with Gasteiger partial charge in [-0.05, 0) is 30.2 Å². The van der Waals surface area contributed by atoms with Crippen LogP contribution in [0.2, 0.25) is 0 Å². The van der Waals surface area contributed by atoms with Gasteiger partial charge in [-0.3, -0.25) is 4.79 Å². The van der Waals surface area contributed by atoms with Crippen LogP contribution in [0, 0.1) is 0 Å². The summed E-state index contributed by atoms with van der Waals surface area (Å²) in [5.74, 6) is -0.919. The van der Waals surface area contributed by atoms with Crippen molar-refractivity contribution in [1.29, 1.82) is 0 Å². The smallest absolute Gasteiger partial charge is 0.406 e. The van der Waals surface area contributed by atoms with Crippen molar-refractivity contribution in [3.05, 3.63) is 29.3 Å². The highest BCUT2D eigenvalue weighted by molar-refractivity contribution is 6.30. The van der Waals surface area contributed by atoms with Crippen molar-refractivity contribution in [2.24, 2.45) is 0 Å². The zero-order valence-electron chi connectivity index (χ0n) is 9.29. The Balaban J connectivity index is 3.13. The van der Waals surface area contributed by atoms with Crippen LogP contribution in [0.4, 0.5) is 13.2 Å². The molecule has 0 aliphatic heterocycles. The van der Waals surface area contributed by atoms with Crippen LogP contribution in [0.25, 0.3) is 0 Å². The van der Waals surface area contributed by atoms with Crippen molar-refractivity contribution < 1.29 is 27.8 Å². The number of Topliss-reactive ketones (excluding diaryl/α,β-unsaturated/α-hetero) is 1. The number of ether oxygens (including phenoxy) is 1. The van der Waals surface area contributed by atoms with Gasteiger partial charge in [0, 0.05) is 0 Å². The predicted octanol–water partition coefficient (Wildman–Crippen LogP) is 2.95. The third-order valence-electron chi connectivity index (χ3n) is 2.15. The van der Waals surface area contributed by atoms with Crippen LogP contribution < -0.4 is 4.74 Å². The standard InChI is InChI=1S/C11H10ClF3O3/c1-6(17)10(12)9-4-8(18-11(13,14)15)3-2-7(9)5-16/h2-4,10,16H,5H2,1H3. The summed E-state index contributed by atoms with van der Waals surface area (Å²) in [6.45, 7) is 0.772. The first-order valence-corrected chi connectivity index (χ1v) is 5.32. The van der Waals surface area contributed by atoms with E-state index in [0.717, 1.165) is 12.1 Å². The van der Waals surface area contributed by atoms with E-state index < -0.39 is 29.9 Å². The topological polar surface area (TPSA) is 46.5 Å². The Morgan fingerprint density at radius 1 is 1.50 bits per heavy atom. The van der Waals surface area contributed by atoms with E-state index in [0.29, 0.717) is 0 Å². The number of halogens is 4. The minimum absolute atomic E-state index is 0.105. The molecule has 18 heavy (non-hydrogen) atoms. The number of carbonyl (C=O) groups is 1. The minimum atomic E-state index is -4.82. The van der Waals surface area contributed by atoms with Gasteiger partial charge in [0.15, 0.2) is 5.78 Å². The van der Waals surface area contributed by atoms with Crippen molar-refractivity contribution in [2.45, 2.75) is 25.3 Å². The molecular weight excluding hydrogens is 273 g/mol. The average molecular weight is 283 g/mol. The fourth-order valence-corrected chi connectivity index (χ4v) is 1.57. The molecule has 3 nitrogen and oxygen atoms in total. The summed E-state index contributed by atoms with van der Waals surface area (Å²) in [5.41, 5.74) is 0.383. The van der Waals surface area contributed by atoms with E-state index in [1.54, 1.807) is 0 Å². The van der Waals surface area contributed by atoms with Gasteiger partial charge in [-0.25, -0.2) is 0 Å². The van der Waals surface area contributed by atoms with Gasteiger partial charge in [0.05, 0.1) is 6.61 Å². The van der Waals surface area contributed by atoms with Crippen LogP contribution in [0.15, 0.2) is 18.2 Å². The molecule has 0 fully saturated rings. The van der Waals surface area contributed by atoms with Gasteiger partial charge in [0.2, 0.25) is 0 Å². The second-order valence-electron chi connectivity index (χ2n) is 3.54. The van der Waals surface area contributed by atoms with Crippen LogP contribution in [0.3, 0.4) is 0 Å². The quantitative estimate of drug-likeness (QED) is 0.864. The lowest BCUT2D eigenvalue weighted by molar-refractivity contribution is -0.274. The van der Waals surface area contributed by atoms with Crippen molar-refractivity contribution in [1.82, 2.24) is 0 Å². The highest BCUT2D eigenvalue weighted by Crippen LogP contribution is 2.31. The summed E-state index contributed by atoms with van der Waals surface area (Å²) < 4.78 is 39.9. The second kappa shape index (κ2) is 5.58. The first-order chi connectivity index (χ1) is 8.24. The highest BCUT2D eigenvalue weighted by Gasteiger charge is 2.31. The van der Waals surface area contributed by atoms with E-state index in [-0.39, 0.29) is 11.1 Å². The summed E-state index contributed by atoms with van der Waals surface area (Å²) >= 11 is 5.77. The number of rotatable bonds is 4. The maximum absolute atomic E-state index is 12.0. The molecule has 1 rings (SSSR count). The van der Waals surface area contributed by atoms with E-state index in [1.807, 2.05) is 0 Å². The molecule has 0 aliphatic rings. The zero-order valence-corrected chi connectivity index (χ0v) is 10.0. The van der Waals surface area contributed by atoms with Crippen molar-refractivity contribution in [2.75, 3.05) is 0 Å². The molecule has 1 atom stereocenters. The number of ketones is 1. The average Bonchev–Trinajstić information content (AvgIpc) is 2.25. The number of hydrogen-bond donors (Lipinski definition) is 1. The Hall–Kier alpha value is -1.27. The lowest BCUT2D eigenvalue weighted by Crippen LogP contribution is -2.17. The molecule has 0 saturated heterocycles. The van der Waals surface area contributed by atoms with Gasteiger partial charge in [-0.15, -0.1) is 24.8 Å². The van der Waals surface area contributed by atoms with Gasteiger partial charge >= 0.3 is 6.36 Å². The normalized spacial score (nSPS) is 13.2. The van der Waals surface area contributed by atoms with Crippen molar-refractivity contribution in [3.63, 3.8) is 0 Å². The third kappa shape index (κ3) is 3.89. The van der Waals surface area contributed by atoms with Gasteiger partial charge in [-0.2, -0.15) is 0 Å². The molecule has 1 aromatic carbocycles. The maximum Gasteiger partial charge on any atom is 0.573 e. The molecule has 0 bridgehead atoms. The Bertz CT molecular complexity index is 446. The van der Waals surface area contributed by atoms with E-state index in [9.17, 15) is 18.0 Å². The van der Waals surface area contributed by atoms with Crippen LogP contribution >= 0.6 is 11.6 Å². The SMILES string of the molecule is CC(=O)C(Cl)c1cc(OC(F)(F)F)ccc1CO. The van der Waals surface area contributed by atoms with Gasteiger partial charge < -0.3 is 9.84 Å². The molecule has 100 valence electrons. The molecule has 0 heterocycles. The molecule has 1 N–H and O–H groups in total. The zero-order chi connectivity index (χ0) is 13.9. The second-order valence-corrected chi connectivity index (χ2v) is 3.98. The summed E-state index contributed by atoms with van der Waals surface area (Å²) in [4.78, 5) is 11.1. The molecule has 0 amide bonds. The van der Waals surface area contributed by atoms with E-state index in [4.69, 9.17) is 16.7 Å². The number of carbonyl (C=O) groups excluding carboxylic acids is 1. The molecular formula is C11H10ClF3O3. The van der Waals surface area contributed by atoms with E-state index >= 15 is 0 Å². The minimum Gasteiger partial charge on any atom is -0.406 e. The molecule has 0 saturated carbocycles. The van der Waals surface area contributed by atoms with Crippen molar-refractivity contribution >= 4 is 17.4 Å². The lowest BCUT2D eigenvalue weighted by atomic mass is 10.0. The Morgan fingerprint density at radius 2 is 2.11 bits per heavy atom. The third-order valence-corrected chi connectivity index (χ3v) is 2.69. The van der Waals surface area contributed by atoms with Gasteiger partial charge in [-0.1, -0.05) is 6.07 Å². The molecule has 7 heteroatoms. The number of aliphatic hydroxyl groups is 1. The highest BCUT2D eigenvalue weighted by atomic mass is 35.5. The fraction of sp³-hybridized carbons (Fsp3) is 0.364. The molecule has 0 aromatic heterocycles. The fourth-order valence-electron chi connectivity index (χ4n) is 1.37. The number of aliphatic hydroxyl groups excluding tert-OH is 1. The first-order valence-electron chi connectivity index (χ1n) is 4.88. The van der Waals surface area contributed by atoms with Crippen LogP contribution in [0.5, 0.6) is 5.75 Å². The maximum atomic E-state index is 12.0. The summed E-state index contributed by atoms with van der Waals surface area (Å²) in [7, 11) is 0. The summed E-state index contributed by atoms with van der Waals surface area (Å²) in [6.07, 6.45) is -4.82. The van der Waals surface area contributed by atoms with Gasteiger partial charge in [0.1, 0.15) is 11.1 Å². The number of hydrogen-bond acceptors (Lipinski definition) is 3. The monoisotopic (exact) mass is 282 g/mol. The predicted molar refractivity (Wildman–Crippen MR) is 58.3 cm³/mol. The van der Waals surface area contributed by atoms with E-state index in [1.165, 1.54) is 13.0 Å².